The lowest BCUT2D eigenvalue weighted by atomic mass is 10.0. The summed E-state index contributed by atoms with van der Waals surface area (Å²) in [6, 6.07) is 9.64. The number of hydrogen-bond acceptors (Lipinski definition) is 5. The Bertz CT molecular complexity index is 994. The first-order chi connectivity index (χ1) is 16.9. The predicted molar refractivity (Wildman–Crippen MR) is 130 cm³/mol. The van der Waals surface area contributed by atoms with Crippen LogP contribution in [0.2, 0.25) is 0 Å². The van der Waals surface area contributed by atoms with Gasteiger partial charge in [-0.1, -0.05) is 20.3 Å². The average Bonchev–Trinajstić information content (AvgIpc) is 2.84. The fraction of sp³-hybridized carbons (Fsp3) is 0.480. The van der Waals surface area contributed by atoms with Crippen molar-refractivity contribution in [2.24, 2.45) is 5.92 Å². The molecule has 36 heavy (non-hydrogen) atoms. The van der Waals surface area contributed by atoms with E-state index in [-0.39, 0.29) is 11.7 Å². The van der Waals surface area contributed by atoms with Crippen LogP contribution >= 0.6 is 0 Å². The average molecular weight is 513 g/mol. The van der Waals surface area contributed by atoms with Crippen LogP contribution in [0.5, 0.6) is 0 Å². The Kier molecular flexibility index (Phi) is 10.6. The van der Waals surface area contributed by atoms with Gasteiger partial charge in [0, 0.05) is 56.2 Å². The second-order valence-corrected chi connectivity index (χ2v) is 8.82. The van der Waals surface area contributed by atoms with E-state index in [9.17, 15) is 22.4 Å². The number of alkyl halides is 3. The standard InChI is InChI=1S/C23H31FN4O.C2HF3O2/c1-4-17(2)16-28-13-10-21(11-14-28)27(3)22-15-20(9-12-25-22)26-23(29)18-5-7-19(24)8-6-18;3-2(4,5)1(6)7/h5-9,12,15,17,21H,4,10-11,13-14,16H2,1-3H3,(H,25,26,29);(H,6,7). The highest BCUT2D eigenvalue weighted by molar-refractivity contribution is 6.04. The molecule has 0 saturated carbocycles. The Labute approximate surface area is 208 Å². The fourth-order valence-electron chi connectivity index (χ4n) is 3.74. The van der Waals surface area contributed by atoms with Crippen molar-refractivity contribution in [3.05, 3.63) is 54.0 Å². The highest BCUT2D eigenvalue weighted by Gasteiger charge is 2.38. The third kappa shape index (κ3) is 9.10. The van der Waals surface area contributed by atoms with Gasteiger partial charge < -0.3 is 20.2 Å². The van der Waals surface area contributed by atoms with Gasteiger partial charge in [-0.25, -0.2) is 14.2 Å². The predicted octanol–water partition coefficient (Wildman–Crippen LogP) is 5.05. The minimum absolute atomic E-state index is 0.261. The van der Waals surface area contributed by atoms with Crippen LogP contribution in [-0.4, -0.2) is 65.8 Å². The molecule has 7 nitrogen and oxygen atoms in total. The van der Waals surface area contributed by atoms with E-state index in [4.69, 9.17) is 9.90 Å². The Morgan fingerprint density at radius 2 is 1.78 bits per heavy atom. The number of carbonyl (C=O) groups excluding carboxylic acids is 1. The monoisotopic (exact) mass is 512 g/mol. The number of aliphatic carboxylic acids is 1. The summed E-state index contributed by atoms with van der Waals surface area (Å²) in [6.45, 7) is 7.96. The summed E-state index contributed by atoms with van der Waals surface area (Å²) in [4.78, 5) is 30.6. The number of aromatic nitrogens is 1. The van der Waals surface area contributed by atoms with Gasteiger partial charge in [0.05, 0.1) is 0 Å². The summed E-state index contributed by atoms with van der Waals surface area (Å²) in [5.41, 5.74) is 1.11. The van der Waals surface area contributed by atoms with Gasteiger partial charge in [-0.05, 0) is 49.1 Å². The van der Waals surface area contributed by atoms with E-state index in [0.717, 1.165) is 37.7 Å². The quantitative estimate of drug-likeness (QED) is 0.505. The molecule has 0 spiro atoms. The molecule has 1 fully saturated rings. The molecular weight excluding hydrogens is 480 g/mol. The fourth-order valence-corrected chi connectivity index (χ4v) is 3.74. The van der Waals surface area contributed by atoms with Crippen LogP contribution in [0.3, 0.4) is 0 Å². The Hall–Kier alpha value is -3.21. The third-order valence-corrected chi connectivity index (χ3v) is 6.09. The molecular formula is C25H32F4N4O3. The van der Waals surface area contributed by atoms with Crippen molar-refractivity contribution in [3.8, 4) is 0 Å². The van der Waals surface area contributed by atoms with Gasteiger partial charge in [0.1, 0.15) is 11.6 Å². The number of carboxylic acids is 1. The van der Waals surface area contributed by atoms with Crippen molar-refractivity contribution in [1.82, 2.24) is 9.88 Å². The zero-order valence-corrected chi connectivity index (χ0v) is 20.6. The molecule has 1 aromatic carbocycles. The van der Waals surface area contributed by atoms with Crippen LogP contribution in [0.15, 0.2) is 42.6 Å². The van der Waals surface area contributed by atoms with Crippen LogP contribution in [0.25, 0.3) is 0 Å². The van der Waals surface area contributed by atoms with E-state index in [2.05, 4.69) is 41.0 Å². The van der Waals surface area contributed by atoms with E-state index in [1.54, 1.807) is 12.3 Å². The summed E-state index contributed by atoms with van der Waals surface area (Å²) < 4.78 is 44.8. The van der Waals surface area contributed by atoms with Gasteiger partial charge >= 0.3 is 12.1 Å². The topological polar surface area (TPSA) is 85.8 Å². The maximum Gasteiger partial charge on any atom is 0.490 e. The number of nitrogens with zero attached hydrogens (tertiary/aromatic N) is 3. The molecule has 198 valence electrons. The largest absolute Gasteiger partial charge is 0.490 e. The molecule has 0 radical (unpaired) electrons. The van der Waals surface area contributed by atoms with E-state index in [0.29, 0.717) is 17.3 Å². The first kappa shape index (κ1) is 29.0. The molecule has 1 unspecified atom stereocenters. The van der Waals surface area contributed by atoms with Crippen LogP contribution in [-0.2, 0) is 4.79 Å². The van der Waals surface area contributed by atoms with Crippen molar-refractivity contribution in [1.29, 1.82) is 0 Å². The SMILES string of the molecule is CCC(C)CN1CCC(N(C)c2cc(NC(=O)c3ccc(F)cc3)ccn2)CC1.O=C(O)C(F)(F)F. The molecule has 0 aliphatic carbocycles. The lowest BCUT2D eigenvalue weighted by Gasteiger charge is -2.38. The molecule has 1 amide bonds. The van der Waals surface area contributed by atoms with E-state index < -0.39 is 12.1 Å². The molecule has 1 saturated heterocycles. The number of halogens is 4. The van der Waals surface area contributed by atoms with Crippen molar-refractivity contribution < 1.29 is 32.3 Å². The minimum Gasteiger partial charge on any atom is -0.475 e. The number of benzene rings is 1. The van der Waals surface area contributed by atoms with Gasteiger partial charge in [-0.3, -0.25) is 4.79 Å². The van der Waals surface area contributed by atoms with Gasteiger partial charge in [0.15, 0.2) is 0 Å². The van der Waals surface area contributed by atoms with Crippen molar-refractivity contribution in [2.45, 2.75) is 45.3 Å². The molecule has 0 bridgehead atoms. The summed E-state index contributed by atoms with van der Waals surface area (Å²) in [6.07, 6.45) is 0.0753. The Morgan fingerprint density at radius 3 is 2.31 bits per heavy atom. The molecule has 2 aromatic rings. The Balaban J connectivity index is 0.000000572. The number of nitrogens with one attached hydrogen (secondary N) is 1. The van der Waals surface area contributed by atoms with Gasteiger partial charge in [-0.2, -0.15) is 13.2 Å². The number of anilines is 2. The summed E-state index contributed by atoms with van der Waals surface area (Å²) in [5, 5.41) is 10.00. The molecule has 2 heterocycles. The van der Waals surface area contributed by atoms with Gasteiger partial charge in [0.2, 0.25) is 0 Å². The number of pyridine rings is 1. The Morgan fingerprint density at radius 1 is 1.19 bits per heavy atom. The highest BCUT2D eigenvalue weighted by atomic mass is 19.4. The first-order valence-electron chi connectivity index (χ1n) is 11.7. The van der Waals surface area contributed by atoms with Crippen LogP contribution < -0.4 is 10.2 Å². The molecule has 1 aliphatic rings. The number of likely N-dealkylation sites (tertiary alicyclic amines) is 1. The van der Waals surface area contributed by atoms with Crippen LogP contribution in [0, 0.1) is 11.7 Å². The number of amides is 1. The third-order valence-electron chi connectivity index (χ3n) is 6.09. The number of rotatable bonds is 7. The van der Waals surface area contributed by atoms with Crippen LogP contribution in [0.4, 0.5) is 29.1 Å². The van der Waals surface area contributed by atoms with Gasteiger partial charge in [-0.15, -0.1) is 0 Å². The summed E-state index contributed by atoms with van der Waals surface area (Å²) >= 11 is 0. The zero-order chi connectivity index (χ0) is 26.9. The maximum absolute atomic E-state index is 13.1. The number of carboxylic acid groups (broad SMARTS) is 1. The van der Waals surface area contributed by atoms with Gasteiger partial charge in [0.25, 0.3) is 5.91 Å². The molecule has 1 atom stereocenters. The second kappa shape index (κ2) is 13.2. The first-order valence-corrected chi connectivity index (χ1v) is 11.7. The number of piperidine rings is 1. The van der Waals surface area contributed by atoms with E-state index in [1.165, 1.54) is 37.2 Å². The van der Waals surface area contributed by atoms with E-state index in [1.807, 2.05) is 6.07 Å². The molecule has 11 heteroatoms. The number of hydrogen-bond donors (Lipinski definition) is 2. The lowest BCUT2D eigenvalue weighted by molar-refractivity contribution is -0.192. The van der Waals surface area contributed by atoms with Crippen molar-refractivity contribution >= 4 is 23.4 Å². The number of carbonyl (C=O) groups is 2. The zero-order valence-electron chi connectivity index (χ0n) is 20.6. The molecule has 2 N–H and O–H groups in total. The van der Waals surface area contributed by atoms with E-state index >= 15 is 0 Å². The summed E-state index contributed by atoms with van der Waals surface area (Å²) in [5.74, 6) is -1.78. The normalized spacial score (nSPS) is 15.4. The molecule has 1 aromatic heterocycles. The van der Waals surface area contributed by atoms with Crippen molar-refractivity contribution in [3.63, 3.8) is 0 Å². The lowest BCUT2D eigenvalue weighted by Crippen LogP contribution is -2.44. The molecule has 3 rings (SSSR count). The minimum atomic E-state index is -5.08. The smallest absolute Gasteiger partial charge is 0.475 e. The molecule has 1 aliphatic heterocycles. The van der Waals surface area contributed by atoms with Crippen LogP contribution in [0.1, 0.15) is 43.5 Å². The van der Waals surface area contributed by atoms with Crippen molar-refractivity contribution in [2.75, 3.05) is 36.9 Å². The second-order valence-electron chi connectivity index (χ2n) is 8.82. The maximum atomic E-state index is 13.1. The summed E-state index contributed by atoms with van der Waals surface area (Å²) in [7, 11) is 2.07. The highest BCUT2D eigenvalue weighted by Crippen LogP contribution is 2.23.